The first-order chi connectivity index (χ1) is 14.8. The number of piperazine rings is 1. The number of halogens is 3. The lowest BCUT2D eigenvalue weighted by molar-refractivity contribution is -0.118. The van der Waals surface area contributed by atoms with E-state index in [2.05, 4.69) is 38.1 Å². The van der Waals surface area contributed by atoms with Crippen molar-refractivity contribution in [3.05, 3.63) is 50.4 Å². The summed E-state index contributed by atoms with van der Waals surface area (Å²) in [6.45, 7) is 3.48. The van der Waals surface area contributed by atoms with Crippen molar-refractivity contribution < 1.29 is 14.3 Å². The molecule has 0 atom stereocenters. The summed E-state index contributed by atoms with van der Waals surface area (Å²) >= 11 is 21.1. The number of nitrogens with one attached hydrogen (secondary N) is 1. The van der Waals surface area contributed by atoms with Gasteiger partial charge >= 0.3 is 0 Å². The van der Waals surface area contributed by atoms with E-state index in [0.29, 0.717) is 31.7 Å². The molecule has 0 aliphatic carbocycles. The summed E-state index contributed by atoms with van der Waals surface area (Å²) in [6.07, 6.45) is 0. The van der Waals surface area contributed by atoms with E-state index in [0.717, 1.165) is 36.7 Å². The number of carbonyl (C=O) groups excluding carboxylic acids is 1. The first-order valence-electron chi connectivity index (χ1n) is 9.51. The molecule has 3 rings (SSSR count). The summed E-state index contributed by atoms with van der Waals surface area (Å²) in [4.78, 5) is 17.5. The minimum atomic E-state index is -0.343. The number of benzene rings is 2. The van der Waals surface area contributed by atoms with Crippen LogP contribution in [-0.4, -0.2) is 67.6 Å². The van der Waals surface area contributed by atoms with E-state index in [9.17, 15) is 4.79 Å². The summed E-state index contributed by atoms with van der Waals surface area (Å²) in [5.41, 5.74) is 1.39. The maximum absolute atomic E-state index is 12.3. The highest BCUT2D eigenvalue weighted by Gasteiger charge is 2.21. The molecule has 10 heteroatoms. The molecule has 0 saturated carbocycles. The van der Waals surface area contributed by atoms with Gasteiger partial charge in [0.1, 0.15) is 4.99 Å². The maximum Gasteiger partial charge on any atom is 0.262 e. The molecule has 6 nitrogen and oxygen atoms in total. The highest BCUT2D eigenvalue weighted by atomic mass is 79.9. The van der Waals surface area contributed by atoms with Gasteiger partial charge in [0.2, 0.25) is 0 Å². The Bertz CT molecular complexity index is 985. The van der Waals surface area contributed by atoms with Crippen LogP contribution in [0.2, 0.25) is 10.0 Å². The van der Waals surface area contributed by atoms with Crippen LogP contribution >= 0.6 is 51.3 Å². The van der Waals surface area contributed by atoms with E-state index >= 15 is 0 Å². The predicted molar refractivity (Wildman–Crippen MR) is 132 cm³/mol. The second-order valence-electron chi connectivity index (χ2n) is 7.05. The normalized spacial score (nSPS) is 14.3. The van der Waals surface area contributed by atoms with Gasteiger partial charge in [-0.2, -0.15) is 0 Å². The third-order valence-corrected chi connectivity index (χ3v) is 6.64. The van der Waals surface area contributed by atoms with Crippen LogP contribution in [0.3, 0.4) is 0 Å². The zero-order valence-electron chi connectivity index (χ0n) is 17.1. The Labute approximate surface area is 205 Å². The average molecular weight is 547 g/mol. The second kappa shape index (κ2) is 10.8. The Kier molecular flexibility index (Phi) is 8.41. The van der Waals surface area contributed by atoms with Crippen molar-refractivity contribution in [2.24, 2.45) is 0 Å². The number of nitrogens with zero attached hydrogens (tertiary/aromatic N) is 2. The standard InChI is InChI=1S/C21H22BrCl2N3O3S/c1-26-5-7-27(8-6-26)21(31)13-9-15(22)20(18(10-13)29-2)30-12-19(28)25-14-3-4-16(23)17(24)11-14/h3-4,9-11H,5-8,12H2,1-2H3,(H,25,28). The molecule has 1 heterocycles. The molecule has 0 aromatic heterocycles. The monoisotopic (exact) mass is 545 g/mol. The number of thiocarbonyl (C=S) groups is 1. The van der Waals surface area contributed by atoms with Gasteiger partial charge in [-0.05, 0) is 53.3 Å². The van der Waals surface area contributed by atoms with Gasteiger partial charge in [-0.15, -0.1) is 0 Å². The Morgan fingerprint density at radius 1 is 1.16 bits per heavy atom. The van der Waals surface area contributed by atoms with Crippen molar-refractivity contribution in [1.29, 1.82) is 0 Å². The predicted octanol–water partition coefficient (Wildman–Crippen LogP) is 4.70. The van der Waals surface area contributed by atoms with E-state index in [1.54, 1.807) is 25.3 Å². The van der Waals surface area contributed by atoms with Crippen molar-refractivity contribution in [3.63, 3.8) is 0 Å². The molecular formula is C21H22BrCl2N3O3S. The Balaban J connectivity index is 1.67. The number of anilines is 1. The fourth-order valence-corrected chi connectivity index (χ4v) is 4.24. The summed E-state index contributed by atoms with van der Waals surface area (Å²) in [5, 5.41) is 3.49. The minimum absolute atomic E-state index is 0.211. The first kappa shape index (κ1) is 24.1. The lowest BCUT2D eigenvalue weighted by Crippen LogP contribution is -2.46. The van der Waals surface area contributed by atoms with Crippen molar-refractivity contribution in [2.45, 2.75) is 0 Å². The molecule has 0 spiro atoms. The van der Waals surface area contributed by atoms with Crippen molar-refractivity contribution >= 4 is 67.9 Å². The van der Waals surface area contributed by atoms with Crippen molar-refractivity contribution in [2.75, 3.05) is 52.3 Å². The molecule has 0 radical (unpaired) electrons. The zero-order chi connectivity index (χ0) is 22.5. The second-order valence-corrected chi connectivity index (χ2v) is 9.11. The largest absolute Gasteiger partial charge is 0.493 e. The third kappa shape index (κ3) is 6.23. The lowest BCUT2D eigenvalue weighted by Gasteiger charge is -2.34. The highest BCUT2D eigenvalue weighted by molar-refractivity contribution is 9.10. The summed E-state index contributed by atoms with van der Waals surface area (Å²) in [5.74, 6) is 0.573. The topological polar surface area (TPSA) is 54.0 Å². The quantitative estimate of drug-likeness (QED) is 0.530. The van der Waals surface area contributed by atoms with Gasteiger partial charge in [-0.1, -0.05) is 35.4 Å². The average Bonchev–Trinajstić information content (AvgIpc) is 2.75. The molecule has 0 bridgehead atoms. The van der Waals surface area contributed by atoms with Crippen LogP contribution < -0.4 is 14.8 Å². The van der Waals surface area contributed by atoms with E-state index in [4.69, 9.17) is 44.9 Å². The number of hydrogen-bond acceptors (Lipinski definition) is 5. The van der Waals surface area contributed by atoms with E-state index in [1.165, 1.54) is 0 Å². The van der Waals surface area contributed by atoms with Gasteiger partial charge in [-0.25, -0.2) is 0 Å². The smallest absolute Gasteiger partial charge is 0.262 e. The van der Waals surface area contributed by atoms with Gasteiger partial charge in [-0.3, -0.25) is 4.79 Å². The molecule has 1 amide bonds. The Hall–Kier alpha value is -1.58. The van der Waals surface area contributed by atoms with Gasteiger partial charge in [0.05, 0.1) is 21.6 Å². The number of ether oxygens (including phenoxy) is 2. The zero-order valence-corrected chi connectivity index (χ0v) is 21.0. The SMILES string of the molecule is COc1cc(C(=S)N2CCN(C)CC2)cc(Br)c1OCC(=O)Nc1ccc(Cl)c(Cl)c1. The van der Waals surface area contributed by atoms with Gasteiger partial charge in [0.25, 0.3) is 5.91 Å². The fraction of sp³-hybridized carbons (Fsp3) is 0.333. The van der Waals surface area contributed by atoms with Crippen LogP contribution in [0.4, 0.5) is 5.69 Å². The van der Waals surface area contributed by atoms with E-state index in [-0.39, 0.29) is 12.5 Å². The first-order valence-corrected chi connectivity index (χ1v) is 11.5. The molecule has 2 aromatic carbocycles. The van der Waals surface area contributed by atoms with Crippen LogP contribution in [0.5, 0.6) is 11.5 Å². The van der Waals surface area contributed by atoms with Crippen molar-refractivity contribution in [3.8, 4) is 11.5 Å². The molecule has 166 valence electrons. The number of rotatable bonds is 6. The van der Waals surface area contributed by atoms with E-state index < -0.39 is 0 Å². The van der Waals surface area contributed by atoms with Crippen LogP contribution in [-0.2, 0) is 4.79 Å². The number of likely N-dealkylation sites (N-methyl/N-ethyl adjacent to an activating group) is 1. The third-order valence-electron chi connectivity index (χ3n) is 4.82. The van der Waals surface area contributed by atoms with Crippen LogP contribution in [0.15, 0.2) is 34.8 Å². The van der Waals surface area contributed by atoms with Crippen LogP contribution in [0.25, 0.3) is 0 Å². The van der Waals surface area contributed by atoms with E-state index in [1.807, 2.05) is 12.1 Å². The summed E-state index contributed by atoms with van der Waals surface area (Å²) in [7, 11) is 3.65. The summed E-state index contributed by atoms with van der Waals surface area (Å²) < 4.78 is 11.9. The molecule has 0 unspecified atom stereocenters. The number of carbonyl (C=O) groups is 1. The highest BCUT2D eigenvalue weighted by Crippen LogP contribution is 2.37. The number of amides is 1. The Morgan fingerprint density at radius 3 is 2.52 bits per heavy atom. The molecule has 1 fully saturated rings. The molecule has 1 N–H and O–H groups in total. The summed E-state index contributed by atoms with van der Waals surface area (Å²) in [6, 6.07) is 8.57. The molecule has 1 aliphatic heterocycles. The number of methoxy groups -OCH3 is 1. The van der Waals surface area contributed by atoms with Gasteiger partial charge in [0, 0.05) is 37.4 Å². The molecule has 1 aliphatic rings. The fourth-order valence-electron chi connectivity index (χ4n) is 3.08. The van der Waals surface area contributed by atoms with Gasteiger partial charge in [0.15, 0.2) is 18.1 Å². The lowest BCUT2D eigenvalue weighted by atomic mass is 10.1. The minimum Gasteiger partial charge on any atom is -0.493 e. The number of hydrogen-bond donors (Lipinski definition) is 1. The molecule has 31 heavy (non-hydrogen) atoms. The molecular weight excluding hydrogens is 525 g/mol. The van der Waals surface area contributed by atoms with Gasteiger partial charge < -0.3 is 24.6 Å². The Morgan fingerprint density at radius 2 is 1.87 bits per heavy atom. The maximum atomic E-state index is 12.3. The molecule has 1 saturated heterocycles. The van der Waals surface area contributed by atoms with Crippen LogP contribution in [0.1, 0.15) is 5.56 Å². The molecule has 2 aromatic rings. The van der Waals surface area contributed by atoms with Crippen LogP contribution in [0, 0.1) is 0 Å². The van der Waals surface area contributed by atoms with Crippen molar-refractivity contribution in [1.82, 2.24) is 9.80 Å².